The fourth-order valence-corrected chi connectivity index (χ4v) is 8.02. The molecule has 0 nitrogen and oxygen atoms in total. The summed E-state index contributed by atoms with van der Waals surface area (Å²) >= 11 is 4.10. The summed E-state index contributed by atoms with van der Waals surface area (Å²) in [4.78, 5) is 0. The van der Waals surface area contributed by atoms with Gasteiger partial charge in [0.05, 0.1) is 0 Å². The van der Waals surface area contributed by atoms with Gasteiger partial charge in [0.1, 0.15) is 0 Å². The first-order valence-electron chi connectivity index (χ1n) is 6.07. The summed E-state index contributed by atoms with van der Waals surface area (Å²) in [6.45, 7) is 0.570. The van der Waals surface area contributed by atoms with Crippen molar-refractivity contribution in [3.63, 3.8) is 0 Å². The van der Waals surface area contributed by atoms with Crippen LogP contribution in [0, 0.1) is 0 Å². The fourth-order valence-electron chi connectivity index (χ4n) is 2.20. The van der Waals surface area contributed by atoms with Crippen LogP contribution in [0.2, 0.25) is 6.04 Å². The Kier molecular flexibility index (Phi) is 4.19. The van der Waals surface area contributed by atoms with Gasteiger partial charge in [-0.15, -0.1) is 15.3 Å². The van der Waals surface area contributed by atoms with Crippen LogP contribution in [-0.4, -0.2) is 6.69 Å². The number of hydrogen-bond acceptors (Lipinski definition) is 0. The lowest BCUT2D eigenvalue weighted by Crippen LogP contribution is -2.52. The van der Waals surface area contributed by atoms with Gasteiger partial charge in [-0.3, -0.25) is 0 Å². The molecule has 2 aromatic carbocycles. The molecule has 2 rings (SSSR count). The highest BCUT2D eigenvalue weighted by Crippen LogP contribution is 2.20. The largest absolute Gasteiger partial charge is 0.190 e. The molecule has 0 aliphatic heterocycles. The maximum atomic E-state index is 4.10. The zero-order valence-corrected chi connectivity index (χ0v) is 12.7. The third kappa shape index (κ3) is 2.69. The monoisotopic (exact) mass is 304 g/mol. The second-order valence-electron chi connectivity index (χ2n) is 4.28. The molecule has 0 aromatic heterocycles. The molecule has 2 aromatic rings. The minimum Gasteiger partial charge on any atom is -0.114 e. The van der Waals surface area contributed by atoms with Gasteiger partial charge in [0.25, 0.3) is 0 Å². The van der Waals surface area contributed by atoms with E-state index in [0.717, 1.165) is 0 Å². The van der Waals surface area contributed by atoms with E-state index in [1.165, 1.54) is 22.8 Å². The quantitative estimate of drug-likeness (QED) is 0.598. The van der Waals surface area contributed by atoms with Crippen molar-refractivity contribution in [2.45, 2.75) is 19.4 Å². The Morgan fingerprint density at radius 2 is 1.24 bits per heavy atom. The Morgan fingerprint density at radius 1 is 0.824 bits per heavy atom. The van der Waals surface area contributed by atoms with Gasteiger partial charge >= 0.3 is 0 Å². The van der Waals surface area contributed by atoms with Gasteiger partial charge in [-0.05, 0) is 16.4 Å². The van der Waals surface area contributed by atoms with Gasteiger partial charge < -0.3 is 0 Å². The minimum atomic E-state index is -1.69. The second-order valence-corrected chi connectivity index (χ2v) is 11.6. The third-order valence-corrected chi connectivity index (χ3v) is 10.7. The fraction of sp³-hybridized carbons (Fsp3) is 0.200. The highest BCUT2D eigenvalue weighted by atomic mass is 79.9. The highest BCUT2D eigenvalue weighted by Gasteiger charge is 2.33. The maximum absolute atomic E-state index is 4.10. The number of benzene rings is 2. The summed E-state index contributed by atoms with van der Waals surface area (Å²) in [5, 5.41) is 2.93. The Hall–Kier alpha value is -0.863. The van der Waals surface area contributed by atoms with Crippen LogP contribution < -0.4 is 10.4 Å². The van der Waals surface area contributed by atoms with Crippen molar-refractivity contribution in [3.05, 3.63) is 60.7 Å². The Morgan fingerprint density at radius 3 is 1.59 bits per heavy atom. The van der Waals surface area contributed by atoms with Crippen molar-refractivity contribution in [2.24, 2.45) is 0 Å². The molecule has 0 bridgehead atoms. The van der Waals surface area contributed by atoms with E-state index in [4.69, 9.17) is 0 Å². The number of hydrogen-bond donors (Lipinski definition) is 0. The molecule has 88 valence electrons. The van der Waals surface area contributed by atoms with E-state index in [2.05, 4.69) is 82.9 Å². The molecule has 0 saturated carbocycles. The topological polar surface area (TPSA) is 0 Å². The van der Waals surface area contributed by atoms with E-state index in [1.807, 2.05) is 0 Å². The van der Waals surface area contributed by atoms with Crippen LogP contribution >= 0.6 is 15.3 Å². The SMILES string of the molecule is CCC[Si](Br)(c1ccccc1)c1ccccc1. The molecule has 17 heavy (non-hydrogen) atoms. The van der Waals surface area contributed by atoms with Crippen LogP contribution in [0.25, 0.3) is 0 Å². The van der Waals surface area contributed by atoms with Crippen LogP contribution in [0.4, 0.5) is 0 Å². The van der Waals surface area contributed by atoms with Crippen LogP contribution in [0.3, 0.4) is 0 Å². The molecule has 0 aliphatic carbocycles. The highest BCUT2D eigenvalue weighted by molar-refractivity contribution is 9.27. The Balaban J connectivity index is 2.47. The average molecular weight is 305 g/mol. The number of halogens is 1. The maximum Gasteiger partial charge on any atom is 0.190 e. The molecule has 2 heteroatoms. The van der Waals surface area contributed by atoms with E-state index in [-0.39, 0.29) is 0 Å². The average Bonchev–Trinajstić information content (AvgIpc) is 2.41. The zero-order valence-electron chi connectivity index (χ0n) is 10.1. The summed E-state index contributed by atoms with van der Waals surface area (Å²) in [5.74, 6) is 0. The molecule has 0 aliphatic rings. The molecular formula is C15H17BrSi. The lowest BCUT2D eigenvalue weighted by atomic mass is 10.4. The van der Waals surface area contributed by atoms with Crippen LogP contribution in [0.5, 0.6) is 0 Å². The minimum absolute atomic E-state index is 1.21. The van der Waals surface area contributed by atoms with Crippen molar-refractivity contribution in [1.29, 1.82) is 0 Å². The second kappa shape index (κ2) is 5.65. The van der Waals surface area contributed by atoms with Gasteiger partial charge in [-0.25, -0.2) is 0 Å². The summed E-state index contributed by atoms with van der Waals surface area (Å²) in [6.07, 6.45) is 1.21. The molecule has 0 heterocycles. The van der Waals surface area contributed by atoms with E-state index in [1.54, 1.807) is 0 Å². The first-order valence-corrected chi connectivity index (χ1v) is 10.5. The van der Waals surface area contributed by atoms with E-state index < -0.39 is 6.69 Å². The normalized spacial score (nSPS) is 11.4. The first kappa shape index (κ1) is 12.6. The zero-order chi connectivity index (χ0) is 12.1. The van der Waals surface area contributed by atoms with Gasteiger partial charge in [-0.1, -0.05) is 74.0 Å². The smallest absolute Gasteiger partial charge is 0.114 e. The lowest BCUT2D eigenvalue weighted by molar-refractivity contribution is 1.07. The van der Waals surface area contributed by atoms with Crippen molar-refractivity contribution in [3.8, 4) is 0 Å². The third-order valence-electron chi connectivity index (χ3n) is 3.06. The van der Waals surface area contributed by atoms with Crippen LogP contribution in [-0.2, 0) is 0 Å². The Labute approximate surface area is 112 Å². The van der Waals surface area contributed by atoms with Crippen molar-refractivity contribution in [1.82, 2.24) is 0 Å². The lowest BCUT2D eigenvalue weighted by Gasteiger charge is -2.25. The molecule has 0 N–H and O–H groups in total. The van der Waals surface area contributed by atoms with Gasteiger partial charge in [-0.2, -0.15) is 0 Å². The van der Waals surface area contributed by atoms with Gasteiger partial charge in [0, 0.05) is 0 Å². The van der Waals surface area contributed by atoms with Crippen molar-refractivity contribution >= 4 is 32.4 Å². The van der Waals surface area contributed by atoms with E-state index in [0.29, 0.717) is 0 Å². The molecule has 0 radical (unpaired) electrons. The summed E-state index contributed by atoms with van der Waals surface area (Å²) in [5.41, 5.74) is 0. The van der Waals surface area contributed by atoms with E-state index >= 15 is 0 Å². The molecular weight excluding hydrogens is 288 g/mol. The molecule has 0 fully saturated rings. The van der Waals surface area contributed by atoms with Gasteiger partial charge in [0.15, 0.2) is 6.69 Å². The standard InChI is InChI=1S/C15H17BrSi/c1-2-13-17(16,14-9-5-3-6-10-14)15-11-7-4-8-12-15/h3-12H,2,13H2,1H3. The molecule has 0 amide bonds. The van der Waals surface area contributed by atoms with Crippen molar-refractivity contribution in [2.75, 3.05) is 0 Å². The molecule has 0 spiro atoms. The Bertz CT molecular complexity index is 413. The summed E-state index contributed by atoms with van der Waals surface area (Å²) in [7, 11) is 0. The van der Waals surface area contributed by atoms with E-state index in [9.17, 15) is 0 Å². The number of rotatable bonds is 4. The molecule has 0 unspecified atom stereocenters. The molecule has 0 saturated heterocycles. The summed E-state index contributed by atoms with van der Waals surface area (Å²) < 4.78 is 0. The summed E-state index contributed by atoms with van der Waals surface area (Å²) in [6, 6.07) is 23.0. The molecule has 0 atom stereocenters. The van der Waals surface area contributed by atoms with Crippen molar-refractivity contribution < 1.29 is 0 Å². The van der Waals surface area contributed by atoms with Crippen LogP contribution in [0.1, 0.15) is 13.3 Å². The van der Waals surface area contributed by atoms with Crippen LogP contribution in [0.15, 0.2) is 60.7 Å². The first-order chi connectivity index (χ1) is 8.27. The predicted molar refractivity (Wildman–Crippen MR) is 81.9 cm³/mol. The van der Waals surface area contributed by atoms with Gasteiger partial charge in [0.2, 0.25) is 0 Å². The predicted octanol–water partition coefficient (Wildman–Crippen LogP) is 3.55.